The van der Waals surface area contributed by atoms with Crippen molar-refractivity contribution in [2.24, 2.45) is 0 Å². The van der Waals surface area contributed by atoms with Crippen LogP contribution in [-0.2, 0) is 11.3 Å². The number of hydrogen-bond donors (Lipinski definition) is 1. The highest BCUT2D eigenvalue weighted by Crippen LogP contribution is 2.19. The maximum atomic E-state index is 12.8. The molecule has 1 amide bonds. The summed E-state index contributed by atoms with van der Waals surface area (Å²) in [7, 11) is 1.58. The van der Waals surface area contributed by atoms with Crippen LogP contribution < -0.4 is 5.32 Å². The molecule has 1 heterocycles. The number of benzene rings is 2. The molecule has 0 saturated heterocycles. The third kappa shape index (κ3) is 3.65. The van der Waals surface area contributed by atoms with E-state index in [2.05, 4.69) is 15.6 Å². The van der Waals surface area contributed by atoms with E-state index in [0.29, 0.717) is 5.69 Å². The molecule has 134 valence electrons. The van der Waals surface area contributed by atoms with Crippen LogP contribution in [0.15, 0.2) is 42.5 Å². The minimum Gasteiger partial charge on any atom is -0.378 e. The van der Waals surface area contributed by atoms with Crippen molar-refractivity contribution in [2.75, 3.05) is 12.4 Å². The topological polar surface area (TPSA) is 69.0 Å². The molecule has 0 spiro atoms. The van der Waals surface area contributed by atoms with Crippen LogP contribution >= 0.6 is 0 Å². The van der Waals surface area contributed by atoms with Gasteiger partial charge < -0.3 is 10.1 Å². The molecule has 0 saturated carbocycles. The maximum absolute atomic E-state index is 12.8. The first-order valence-corrected chi connectivity index (χ1v) is 8.38. The molecule has 0 bridgehead atoms. The predicted molar refractivity (Wildman–Crippen MR) is 101 cm³/mol. The van der Waals surface area contributed by atoms with Gasteiger partial charge in [0.2, 0.25) is 0 Å². The predicted octanol–water partition coefficient (Wildman–Crippen LogP) is 3.59. The molecule has 0 fully saturated rings. The fourth-order valence-electron chi connectivity index (χ4n) is 2.69. The first-order valence-electron chi connectivity index (χ1n) is 8.38. The Morgan fingerprint density at radius 2 is 1.77 bits per heavy atom. The van der Waals surface area contributed by atoms with Gasteiger partial charge in [0.1, 0.15) is 5.69 Å². The summed E-state index contributed by atoms with van der Waals surface area (Å²) in [4.78, 5) is 12.8. The Labute approximate surface area is 152 Å². The first-order chi connectivity index (χ1) is 12.5. The fraction of sp³-hybridized carbons (Fsp3) is 0.250. The lowest BCUT2D eigenvalue weighted by Crippen LogP contribution is -2.16. The lowest BCUT2D eigenvalue weighted by Gasteiger charge is -2.10. The van der Waals surface area contributed by atoms with Crippen LogP contribution in [0.5, 0.6) is 0 Å². The van der Waals surface area contributed by atoms with Gasteiger partial charge in [-0.15, -0.1) is 5.10 Å². The number of rotatable bonds is 5. The molecular weight excluding hydrogens is 328 g/mol. The molecule has 0 atom stereocenters. The van der Waals surface area contributed by atoms with E-state index in [1.54, 1.807) is 11.8 Å². The van der Waals surface area contributed by atoms with Gasteiger partial charge in [-0.1, -0.05) is 35.0 Å². The Balaban J connectivity index is 1.95. The SMILES string of the molecule is COCc1c(C(=O)Nc2cc(C)ccc2C)nnn1-c1ccc(C)cc1. The summed E-state index contributed by atoms with van der Waals surface area (Å²) < 4.78 is 6.91. The van der Waals surface area contributed by atoms with E-state index in [-0.39, 0.29) is 18.2 Å². The molecule has 1 aromatic heterocycles. The van der Waals surface area contributed by atoms with E-state index in [0.717, 1.165) is 28.1 Å². The standard InChI is InChI=1S/C20H22N4O2/c1-13-6-9-16(10-7-13)24-18(12-26-4)19(22-23-24)20(25)21-17-11-14(2)5-8-15(17)3/h5-11H,12H2,1-4H3,(H,21,25). The normalized spacial score (nSPS) is 10.8. The van der Waals surface area contributed by atoms with Crippen LogP contribution in [0.2, 0.25) is 0 Å². The van der Waals surface area contributed by atoms with Crippen LogP contribution in [0.1, 0.15) is 32.9 Å². The zero-order valence-corrected chi connectivity index (χ0v) is 15.4. The van der Waals surface area contributed by atoms with Crippen molar-refractivity contribution in [3.63, 3.8) is 0 Å². The summed E-state index contributed by atoms with van der Waals surface area (Å²) in [5, 5.41) is 11.2. The molecule has 0 aliphatic carbocycles. The van der Waals surface area contributed by atoms with Gasteiger partial charge in [-0.05, 0) is 50.1 Å². The maximum Gasteiger partial charge on any atom is 0.278 e. The van der Waals surface area contributed by atoms with Gasteiger partial charge in [0.15, 0.2) is 5.69 Å². The second-order valence-corrected chi connectivity index (χ2v) is 6.34. The first kappa shape index (κ1) is 17.8. The second-order valence-electron chi connectivity index (χ2n) is 6.34. The number of methoxy groups -OCH3 is 1. The third-order valence-corrected chi connectivity index (χ3v) is 4.18. The van der Waals surface area contributed by atoms with E-state index in [1.165, 1.54) is 0 Å². The Morgan fingerprint density at radius 1 is 1.08 bits per heavy atom. The average molecular weight is 350 g/mol. The molecule has 0 aliphatic rings. The number of nitrogens with zero attached hydrogens (tertiary/aromatic N) is 3. The smallest absolute Gasteiger partial charge is 0.278 e. The molecule has 1 N–H and O–H groups in total. The molecule has 2 aromatic carbocycles. The number of ether oxygens (including phenoxy) is 1. The Kier molecular flexibility index (Phi) is 5.14. The largest absolute Gasteiger partial charge is 0.378 e. The van der Waals surface area contributed by atoms with Crippen LogP contribution in [-0.4, -0.2) is 28.0 Å². The minimum absolute atomic E-state index is 0.233. The van der Waals surface area contributed by atoms with E-state index >= 15 is 0 Å². The van der Waals surface area contributed by atoms with Crippen molar-refractivity contribution in [2.45, 2.75) is 27.4 Å². The van der Waals surface area contributed by atoms with Crippen LogP contribution in [0.25, 0.3) is 5.69 Å². The average Bonchev–Trinajstić information content (AvgIpc) is 3.03. The third-order valence-electron chi connectivity index (χ3n) is 4.18. The Hall–Kier alpha value is -2.99. The van der Waals surface area contributed by atoms with Gasteiger partial charge in [-0.3, -0.25) is 4.79 Å². The summed E-state index contributed by atoms with van der Waals surface area (Å²) >= 11 is 0. The summed E-state index contributed by atoms with van der Waals surface area (Å²) in [6, 6.07) is 13.8. The number of anilines is 1. The second kappa shape index (κ2) is 7.49. The van der Waals surface area contributed by atoms with Crippen molar-refractivity contribution >= 4 is 11.6 Å². The van der Waals surface area contributed by atoms with E-state index < -0.39 is 0 Å². The molecular formula is C20H22N4O2. The van der Waals surface area contributed by atoms with Crippen molar-refractivity contribution in [1.29, 1.82) is 0 Å². The molecule has 3 aromatic rings. The number of amides is 1. The quantitative estimate of drug-likeness (QED) is 0.763. The van der Waals surface area contributed by atoms with Crippen LogP contribution in [0.3, 0.4) is 0 Å². The monoisotopic (exact) mass is 350 g/mol. The number of carbonyl (C=O) groups excluding carboxylic acids is 1. The number of nitrogens with one attached hydrogen (secondary N) is 1. The Bertz CT molecular complexity index is 929. The summed E-state index contributed by atoms with van der Waals surface area (Å²) in [5.74, 6) is -0.302. The highest BCUT2D eigenvalue weighted by atomic mass is 16.5. The number of hydrogen-bond acceptors (Lipinski definition) is 4. The van der Waals surface area contributed by atoms with Gasteiger partial charge in [-0.2, -0.15) is 0 Å². The van der Waals surface area contributed by atoms with Crippen molar-refractivity contribution in [3.8, 4) is 5.69 Å². The number of carbonyl (C=O) groups is 1. The molecule has 6 heteroatoms. The summed E-state index contributed by atoms with van der Waals surface area (Å²) in [6.45, 7) is 6.19. The van der Waals surface area contributed by atoms with E-state index in [9.17, 15) is 4.79 Å². The van der Waals surface area contributed by atoms with Crippen molar-refractivity contribution in [1.82, 2.24) is 15.0 Å². The molecule has 0 unspecified atom stereocenters. The molecule has 6 nitrogen and oxygen atoms in total. The minimum atomic E-state index is -0.302. The summed E-state index contributed by atoms with van der Waals surface area (Å²) in [6.07, 6.45) is 0. The molecule has 0 radical (unpaired) electrons. The van der Waals surface area contributed by atoms with E-state index in [4.69, 9.17) is 4.74 Å². The molecule has 3 rings (SSSR count). The van der Waals surface area contributed by atoms with Gasteiger partial charge >= 0.3 is 0 Å². The molecule has 0 aliphatic heterocycles. The van der Waals surface area contributed by atoms with Crippen LogP contribution in [0, 0.1) is 20.8 Å². The lowest BCUT2D eigenvalue weighted by atomic mass is 10.1. The van der Waals surface area contributed by atoms with Gasteiger partial charge in [0.05, 0.1) is 12.3 Å². The van der Waals surface area contributed by atoms with Crippen LogP contribution in [0.4, 0.5) is 5.69 Å². The number of aromatic nitrogens is 3. The van der Waals surface area contributed by atoms with Crippen molar-refractivity contribution < 1.29 is 9.53 Å². The zero-order valence-electron chi connectivity index (χ0n) is 15.4. The lowest BCUT2D eigenvalue weighted by molar-refractivity contribution is 0.101. The number of aryl methyl sites for hydroxylation is 3. The zero-order chi connectivity index (χ0) is 18.7. The fourth-order valence-corrected chi connectivity index (χ4v) is 2.69. The highest BCUT2D eigenvalue weighted by Gasteiger charge is 2.21. The highest BCUT2D eigenvalue weighted by molar-refractivity contribution is 6.04. The summed E-state index contributed by atoms with van der Waals surface area (Å²) in [5.41, 5.74) is 5.68. The van der Waals surface area contributed by atoms with Crippen molar-refractivity contribution in [3.05, 3.63) is 70.5 Å². The van der Waals surface area contributed by atoms with Gasteiger partial charge in [0.25, 0.3) is 5.91 Å². The Morgan fingerprint density at radius 3 is 2.46 bits per heavy atom. The van der Waals surface area contributed by atoms with Gasteiger partial charge in [0, 0.05) is 12.8 Å². The van der Waals surface area contributed by atoms with Gasteiger partial charge in [-0.25, -0.2) is 4.68 Å². The van der Waals surface area contributed by atoms with E-state index in [1.807, 2.05) is 63.2 Å². The molecule has 26 heavy (non-hydrogen) atoms.